The Morgan fingerprint density at radius 1 is 1.59 bits per heavy atom. The molecular formula is C9H12N6O2. The van der Waals surface area contributed by atoms with Crippen LogP contribution in [0.3, 0.4) is 0 Å². The summed E-state index contributed by atoms with van der Waals surface area (Å²) in [6.07, 6.45) is 0.836. The van der Waals surface area contributed by atoms with Crippen molar-refractivity contribution in [2.75, 3.05) is 13.2 Å². The molecule has 0 atom stereocenters. The maximum atomic E-state index is 12.0. The highest BCUT2D eigenvalue weighted by molar-refractivity contribution is 5.85. The molecule has 90 valence electrons. The second-order valence-electron chi connectivity index (χ2n) is 3.82. The fourth-order valence-corrected chi connectivity index (χ4v) is 1.70. The summed E-state index contributed by atoms with van der Waals surface area (Å²) in [6, 6.07) is 2.09. The molecule has 2 rings (SSSR count). The molecule has 1 aliphatic heterocycles. The van der Waals surface area contributed by atoms with E-state index in [4.69, 9.17) is 10.00 Å². The summed E-state index contributed by atoms with van der Waals surface area (Å²) in [5.74, 6) is 0.0894. The van der Waals surface area contributed by atoms with Crippen molar-refractivity contribution in [3.63, 3.8) is 0 Å². The molecule has 17 heavy (non-hydrogen) atoms. The molecule has 2 heterocycles. The average Bonchev–Trinajstić information content (AvgIpc) is 2.90. The third kappa shape index (κ3) is 2.39. The van der Waals surface area contributed by atoms with Gasteiger partial charge in [0.1, 0.15) is 5.41 Å². The van der Waals surface area contributed by atoms with Crippen molar-refractivity contribution < 1.29 is 9.53 Å². The van der Waals surface area contributed by atoms with E-state index in [1.807, 2.05) is 0 Å². The van der Waals surface area contributed by atoms with Crippen molar-refractivity contribution in [3.05, 3.63) is 5.82 Å². The molecule has 0 radical (unpaired) electrons. The molecule has 1 saturated heterocycles. The van der Waals surface area contributed by atoms with Gasteiger partial charge in [0.25, 0.3) is 0 Å². The Morgan fingerprint density at radius 2 is 2.35 bits per heavy atom. The van der Waals surface area contributed by atoms with E-state index in [-0.39, 0.29) is 12.5 Å². The number of carbonyl (C=O) groups excluding carboxylic acids is 1. The van der Waals surface area contributed by atoms with E-state index >= 15 is 0 Å². The van der Waals surface area contributed by atoms with Crippen molar-refractivity contribution in [1.82, 2.24) is 25.9 Å². The number of hydrogen-bond acceptors (Lipinski definition) is 6. The summed E-state index contributed by atoms with van der Waals surface area (Å²) >= 11 is 0. The van der Waals surface area contributed by atoms with Gasteiger partial charge in [-0.25, -0.2) is 0 Å². The molecule has 0 saturated carbocycles. The highest BCUT2D eigenvalue weighted by Gasteiger charge is 2.40. The molecule has 0 spiro atoms. The van der Waals surface area contributed by atoms with Crippen molar-refractivity contribution in [1.29, 1.82) is 5.26 Å². The molecule has 0 unspecified atom stereocenters. The number of nitriles is 1. The number of nitrogens with zero attached hydrogens (tertiary/aromatic N) is 4. The van der Waals surface area contributed by atoms with E-state index in [0.29, 0.717) is 31.9 Å². The molecule has 0 aliphatic carbocycles. The van der Waals surface area contributed by atoms with Crippen LogP contribution in [0.15, 0.2) is 0 Å². The van der Waals surface area contributed by atoms with Gasteiger partial charge in [-0.3, -0.25) is 4.79 Å². The van der Waals surface area contributed by atoms with Gasteiger partial charge in [-0.1, -0.05) is 5.21 Å². The molecule has 1 amide bonds. The lowest BCUT2D eigenvalue weighted by Gasteiger charge is -2.28. The second kappa shape index (κ2) is 4.88. The zero-order valence-corrected chi connectivity index (χ0v) is 9.14. The van der Waals surface area contributed by atoms with E-state index in [2.05, 4.69) is 32.0 Å². The maximum Gasteiger partial charge on any atom is 0.241 e. The number of tetrazole rings is 1. The average molecular weight is 236 g/mol. The van der Waals surface area contributed by atoms with E-state index < -0.39 is 5.41 Å². The Balaban J connectivity index is 1.96. The first-order valence-electron chi connectivity index (χ1n) is 5.26. The van der Waals surface area contributed by atoms with Crippen LogP contribution in [0.4, 0.5) is 0 Å². The van der Waals surface area contributed by atoms with Crippen LogP contribution in [0.5, 0.6) is 0 Å². The van der Waals surface area contributed by atoms with Gasteiger partial charge in [-0.15, -0.1) is 10.2 Å². The summed E-state index contributed by atoms with van der Waals surface area (Å²) in [6.45, 7) is 1.03. The first-order chi connectivity index (χ1) is 8.27. The van der Waals surface area contributed by atoms with Gasteiger partial charge in [0.2, 0.25) is 5.91 Å². The van der Waals surface area contributed by atoms with Crippen LogP contribution >= 0.6 is 0 Å². The van der Waals surface area contributed by atoms with Gasteiger partial charge in [0.05, 0.1) is 12.6 Å². The Labute approximate surface area is 97.3 Å². The minimum Gasteiger partial charge on any atom is -0.381 e. The van der Waals surface area contributed by atoms with Crippen LogP contribution < -0.4 is 5.32 Å². The number of nitrogens with one attached hydrogen (secondary N) is 2. The zero-order chi connectivity index (χ0) is 12.1. The van der Waals surface area contributed by atoms with Crippen LogP contribution in [0.25, 0.3) is 0 Å². The molecule has 1 fully saturated rings. The highest BCUT2D eigenvalue weighted by Crippen LogP contribution is 2.29. The van der Waals surface area contributed by atoms with Gasteiger partial charge in [-0.2, -0.15) is 10.5 Å². The monoisotopic (exact) mass is 236 g/mol. The Morgan fingerprint density at radius 3 is 2.94 bits per heavy atom. The predicted octanol–water partition coefficient (Wildman–Crippen LogP) is -0.864. The van der Waals surface area contributed by atoms with Crippen molar-refractivity contribution in [3.8, 4) is 6.07 Å². The summed E-state index contributed by atoms with van der Waals surface area (Å²) in [5.41, 5.74) is -0.984. The largest absolute Gasteiger partial charge is 0.381 e. The van der Waals surface area contributed by atoms with Gasteiger partial charge < -0.3 is 10.1 Å². The van der Waals surface area contributed by atoms with Crippen molar-refractivity contribution in [2.45, 2.75) is 19.4 Å². The van der Waals surface area contributed by atoms with Gasteiger partial charge >= 0.3 is 0 Å². The first kappa shape index (κ1) is 11.5. The number of rotatable bonds is 3. The van der Waals surface area contributed by atoms with Crippen LogP contribution in [0.2, 0.25) is 0 Å². The summed E-state index contributed by atoms with van der Waals surface area (Å²) in [7, 11) is 0. The lowest BCUT2D eigenvalue weighted by Crippen LogP contribution is -2.43. The summed E-state index contributed by atoms with van der Waals surface area (Å²) < 4.78 is 5.16. The van der Waals surface area contributed by atoms with Gasteiger partial charge in [0.15, 0.2) is 5.82 Å². The Bertz CT molecular complexity index is 417. The SMILES string of the molecule is N#CC1(C(=O)NCc2nn[nH]n2)CCOCC1. The molecule has 8 heteroatoms. The fraction of sp³-hybridized carbons (Fsp3) is 0.667. The lowest BCUT2D eigenvalue weighted by molar-refractivity contribution is -0.132. The molecule has 0 aromatic carbocycles. The Kier molecular flexibility index (Phi) is 3.30. The van der Waals surface area contributed by atoms with E-state index in [1.54, 1.807) is 0 Å². The summed E-state index contributed by atoms with van der Waals surface area (Å²) in [5, 5.41) is 24.9. The number of aromatic amines is 1. The second-order valence-corrected chi connectivity index (χ2v) is 3.82. The van der Waals surface area contributed by atoms with Gasteiger partial charge in [-0.05, 0) is 12.8 Å². The van der Waals surface area contributed by atoms with E-state index in [1.165, 1.54) is 0 Å². The third-order valence-corrected chi connectivity index (χ3v) is 2.79. The molecule has 2 N–H and O–H groups in total. The molecule has 1 aromatic rings. The van der Waals surface area contributed by atoms with E-state index in [0.717, 1.165) is 0 Å². The van der Waals surface area contributed by atoms with Crippen molar-refractivity contribution >= 4 is 5.91 Å². The standard InChI is InChI=1S/C9H12N6O2/c10-6-9(1-3-17-4-2-9)8(16)11-5-7-12-14-15-13-7/h1-5H2,(H,11,16)(H,12,13,14,15). The number of hydrogen-bond donors (Lipinski definition) is 2. The zero-order valence-electron chi connectivity index (χ0n) is 9.14. The van der Waals surface area contributed by atoms with Crippen LogP contribution in [0, 0.1) is 16.7 Å². The fourth-order valence-electron chi connectivity index (χ4n) is 1.70. The molecule has 0 bridgehead atoms. The number of aromatic nitrogens is 4. The molecular weight excluding hydrogens is 224 g/mol. The normalized spacial score (nSPS) is 18.3. The molecule has 8 nitrogen and oxygen atoms in total. The predicted molar refractivity (Wildman–Crippen MR) is 54.1 cm³/mol. The number of H-pyrrole nitrogens is 1. The minimum absolute atomic E-state index is 0.166. The first-order valence-corrected chi connectivity index (χ1v) is 5.26. The molecule has 1 aromatic heterocycles. The number of ether oxygens (including phenoxy) is 1. The minimum atomic E-state index is -0.984. The topological polar surface area (TPSA) is 117 Å². The van der Waals surface area contributed by atoms with Crippen LogP contribution in [0.1, 0.15) is 18.7 Å². The number of amides is 1. The lowest BCUT2D eigenvalue weighted by atomic mass is 9.81. The quantitative estimate of drug-likeness (QED) is 0.705. The summed E-state index contributed by atoms with van der Waals surface area (Å²) in [4.78, 5) is 12.0. The van der Waals surface area contributed by atoms with Crippen LogP contribution in [-0.2, 0) is 16.1 Å². The van der Waals surface area contributed by atoms with E-state index in [9.17, 15) is 4.79 Å². The maximum absolute atomic E-state index is 12.0. The smallest absolute Gasteiger partial charge is 0.241 e. The van der Waals surface area contributed by atoms with Crippen LogP contribution in [-0.4, -0.2) is 39.7 Å². The molecule has 1 aliphatic rings. The number of carbonyl (C=O) groups is 1. The third-order valence-electron chi connectivity index (χ3n) is 2.79. The van der Waals surface area contributed by atoms with Crippen molar-refractivity contribution in [2.24, 2.45) is 5.41 Å². The highest BCUT2D eigenvalue weighted by atomic mass is 16.5. The van der Waals surface area contributed by atoms with Gasteiger partial charge in [0, 0.05) is 13.2 Å². The Hall–Kier alpha value is -2.01.